The molecule has 0 bridgehead atoms. The van der Waals surface area contributed by atoms with Gasteiger partial charge in [-0.15, -0.1) is 0 Å². The van der Waals surface area contributed by atoms with Crippen molar-refractivity contribution in [1.29, 1.82) is 0 Å². The summed E-state index contributed by atoms with van der Waals surface area (Å²) < 4.78 is 80.2. The number of anilines is 1. The maximum Gasteiger partial charge on any atom is 0.491 e. The molecule has 1 atom stereocenters. The van der Waals surface area contributed by atoms with Gasteiger partial charge in [0.2, 0.25) is 0 Å². The Hall–Kier alpha value is -1.97. The van der Waals surface area contributed by atoms with E-state index < -0.39 is 35.5 Å². The number of rotatable bonds is 2. The van der Waals surface area contributed by atoms with Crippen LogP contribution in [0.2, 0.25) is 0 Å². The minimum absolute atomic E-state index is 0.0577. The van der Waals surface area contributed by atoms with Crippen LogP contribution in [0, 0.1) is 5.41 Å². The second-order valence-electron chi connectivity index (χ2n) is 5.90. The Labute approximate surface area is 132 Å². The lowest BCUT2D eigenvalue weighted by molar-refractivity contribution is -0.219. The molecule has 0 aromatic heterocycles. The summed E-state index contributed by atoms with van der Waals surface area (Å²) in [5.74, 6) is -2.35. The predicted octanol–water partition coefficient (Wildman–Crippen LogP) is 2.55. The third-order valence-electron chi connectivity index (χ3n) is 4.20. The van der Waals surface area contributed by atoms with E-state index in [1.54, 1.807) is 0 Å². The largest absolute Gasteiger partial charge is 0.491 e. The van der Waals surface area contributed by atoms with Gasteiger partial charge < -0.3 is 15.0 Å². The van der Waals surface area contributed by atoms with Crippen molar-refractivity contribution in [3.05, 3.63) is 29.8 Å². The normalized spacial score (nSPS) is 22.8. The second-order valence-corrected chi connectivity index (χ2v) is 5.90. The van der Waals surface area contributed by atoms with Gasteiger partial charge in [0.25, 0.3) is 0 Å². The molecule has 10 heteroatoms. The highest BCUT2D eigenvalue weighted by Gasteiger charge is 2.60. The Morgan fingerprint density at radius 1 is 1.21 bits per heavy atom. The van der Waals surface area contributed by atoms with Crippen molar-refractivity contribution in [3.63, 3.8) is 0 Å². The molecular weight excluding hydrogens is 342 g/mol. The number of esters is 1. The van der Waals surface area contributed by atoms with Crippen molar-refractivity contribution < 1.29 is 35.9 Å². The van der Waals surface area contributed by atoms with E-state index in [-0.39, 0.29) is 12.2 Å². The fourth-order valence-corrected chi connectivity index (χ4v) is 2.90. The Bertz CT molecular complexity index is 653. The zero-order valence-electron chi connectivity index (χ0n) is 12.0. The van der Waals surface area contributed by atoms with Gasteiger partial charge >= 0.3 is 18.3 Å². The molecule has 2 aliphatic heterocycles. The summed E-state index contributed by atoms with van der Waals surface area (Å²) in [6, 6.07) is 4.18. The van der Waals surface area contributed by atoms with E-state index in [0.717, 1.165) is 18.2 Å². The monoisotopic (exact) mass is 354 g/mol. The molecule has 2 aliphatic rings. The molecule has 132 valence electrons. The first-order chi connectivity index (χ1) is 11.0. The third-order valence-corrected chi connectivity index (χ3v) is 4.20. The van der Waals surface area contributed by atoms with Gasteiger partial charge in [0, 0.05) is 25.3 Å². The SMILES string of the molecule is O=C(OC1N(c2cccc(C(F)(F)F)c2)CC12CNC2)C(F)(F)F. The standard InChI is InChI=1S/C14H12F6N2O2/c15-13(16,17)8-2-1-3-9(4-8)22-7-12(5-21-6-12)10(22)24-11(23)14(18,19)20/h1-4,10,21H,5-7H2. The first-order valence-electron chi connectivity index (χ1n) is 6.95. The predicted molar refractivity (Wildman–Crippen MR) is 70.0 cm³/mol. The van der Waals surface area contributed by atoms with Crippen LogP contribution in [0.25, 0.3) is 0 Å². The number of carbonyl (C=O) groups excluding carboxylic acids is 1. The van der Waals surface area contributed by atoms with Gasteiger partial charge in [0.15, 0.2) is 6.23 Å². The number of halogens is 6. The lowest BCUT2D eigenvalue weighted by atomic mass is 9.72. The number of carbonyl (C=O) groups is 1. The molecule has 1 aromatic rings. The van der Waals surface area contributed by atoms with Crippen LogP contribution in [-0.4, -0.2) is 38.0 Å². The fraction of sp³-hybridized carbons (Fsp3) is 0.500. The highest BCUT2D eigenvalue weighted by molar-refractivity contribution is 5.76. The molecule has 24 heavy (non-hydrogen) atoms. The number of hydrogen-bond acceptors (Lipinski definition) is 4. The molecule has 1 spiro atoms. The van der Waals surface area contributed by atoms with Crippen LogP contribution in [-0.2, 0) is 15.7 Å². The average molecular weight is 354 g/mol. The summed E-state index contributed by atoms with van der Waals surface area (Å²) in [6.07, 6.45) is -11.0. The van der Waals surface area contributed by atoms with Gasteiger partial charge in [-0.25, -0.2) is 4.79 Å². The van der Waals surface area contributed by atoms with Crippen LogP contribution in [0.3, 0.4) is 0 Å². The topological polar surface area (TPSA) is 41.6 Å². The van der Waals surface area contributed by atoms with E-state index in [2.05, 4.69) is 10.1 Å². The Morgan fingerprint density at radius 2 is 1.88 bits per heavy atom. The van der Waals surface area contributed by atoms with Crippen molar-refractivity contribution >= 4 is 11.7 Å². The zero-order valence-corrected chi connectivity index (χ0v) is 12.0. The highest BCUT2D eigenvalue weighted by atomic mass is 19.4. The van der Waals surface area contributed by atoms with Crippen LogP contribution < -0.4 is 10.2 Å². The van der Waals surface area contributed by atoms with Gasteiger partial charge in [-0.2, -0.15) is 26.3 Å². The first-order valence-corrected chi connectivity index (χ1v) is 6.95. The molecule has 2 heterocycles. The molecule has 0 aliphatic carbocycles. The van der Waals surface area contributed by atoms with E-state index >= 15 is 0 Å². The minimum Gasteiger partial charge on any atom is -0.434 e. The highest BCUT2D eigenvalue weighted by Crippen LogP contribution is 2.46. The van der Waals surface area contributed by atoms with E-state index in [1.165, 1.54) is 11.0 Å². The summed E-state index contributed by atoms with van der Waals surface area (Å²) in [4.78, 5) is 12.4. The van der Waals surface area contributed by atoms with Gasteiger partial charge in [-0.1, -0.05) is 6.07 Å². The summed E-state index contributed by atoms with van der Waals surface area (Å²) in [6.45, 7) is 0.869. The number of nitrogens with zero attached hydrogens (tertiary/aromatic N) is 1. The minimum atomic E-state index is -5.16. The van der Waals surface area contributed by atoms with Crippen molar-refractivity contribution in [3.8, 4) is 0 Å². The maximum absolute atomic E-state index is 12.8. The van der Waals surface area contributed by atoms with Crippen LogP contribution in [0.15, 0.2) is 24.3 Å². The molecule has 1 aromatic carbocycles. The van der Waals surface area contributed by atoms with E-state index in [9.17, 15) is 31.1 Å². The maximum atomic E-state index is 12.8. The van der Waals surface area contributed by atoms with Gasteiger partial charge in [0.1, 0.15) is 0 Å². The van der Waals surface area contributed by atoms with Crippen molar-refractivity contribution in [1.82, 2.24) is 5.32 Å². The number of alkyl halides is 6. The van der Waals surface area contributed by atoms with Crippen LogP contribution in [0.5, 0.6) is 0 Å². The van der Waals surface area contributed by atoms with E-state index in [4.69, 9.17) is 0 Å². The Morgan fingerprint density at radius 3 is 2.38 bits per heavy atom. The molecule has 0 radical (unpaired) electrons. The van der Waals surface area contributed by atoms with Crippen LogP contribution in [0.4, 0.5) is 32.0 Å². The molecule has 2 saturated heterocycles. The van der Waals surface area contributed by atoms with Crippen LogP contribution >= 0.6 is 0 Å². The molecule has 0 saturated carbocycles. The zero-order chi connectivity index (χ0) is 17.8. The Balaban J connectivity index is 1.84. The fourth-order valence-electron chi connectivity index (χ4n) is 2.90. The lowest BCUT2D eigenvalue weighted by Crippen LogP contribution is -2.78. The van der Waals surface area contributed by atoms with Crippen molar-refractivity contribution in [2.75, 3.05) is 24.5 Å². The van der Waals surface area contributed by atoms with Gasteiger partial charge in [-0.05, 0) is 18.2 Å². The smallest absolute Gasteiger partial charge is 0.434 e. The lowest BCUT2D eigenvalue weighted by Gasteiger charge is -2.61. The first kappa shape index (κ1) is 16.9. The summed E-state index contributed by atoms with van der Waals surface area (Å²) >= 11 is 0. The number of hydrogen-bond donors (Lipinski definition) is 1. The number of ether oxygens (including phenoxy) is 1. The van der Waals surface area contributed by atoms with Crippen molar-refractivity contribution in [2.45, 2.75) is 18.6 Å². The van der Waals surface area contributed by atoms with Crippen molar-refractivity contribution in [2.24, 2.45) is 5.41 Å². The second kappa shape index (κ2) is 5.27. The number of nitrogens with one attached hydrogen (secondary N) is 1. The quantitative estimate of drug-likeness (QED) is 0.655. The van der Waals surface area contributed by atoms with Gasteiger partial charge in [0.05, 0.1) is 11.0 Å². The molecule has 4 nitrogen and oxygen atoms in total. The number of benzene rings is 1. The average Bonchev–Trinajstić information content (AvgIpc) is 2.40. The summed E-state index contributed by atoms with van der Waals surface area (Å²) in [5, 5.41) is 2.87. The van der Waals surface area contributed by atoms with E-state index in [0.29, 0.717) is 13.1 Å². The molecule has 2 fully saturated rings. The summed E-state index contributed by atoms with van der Waals surface area (Å²) in [5.41, 5.74) is -1.56. The molecule has 3 rings (SSSR count). The van der Waals surface area contributed by atoms with Crippen LogP contribution in [0.1, 0.15) is 5.56 Å². The molecule has 0 amide bonds. The molecular formula is C14H12F6N2O2. The Kier molecular flexibility index (Phi) is 3.70. The van der Waals surface area contributed by atoms with Gasteiger partial charge in [-0.3, -0.25) is 0 Å². The molecule has 1 unspecified atom stereocenters. The van der Waals surface area contributed by atoms with E-state index in [1.807, 2.05) is 0 Å². The molecule has 1 N–H and O–H groups in total. The summed E-state index contributed by atoms with van der Waals surface area (Å²) in [7, 11) is 0. The third kappa shape index (κ3) is 2.79.